The zero-order valence-corrected chi connectivity index (χ0v) is 14.6. The number of halogens is 3. The molecule has 1 saturated heterocycles. The highest BCUT2D eigenvalue weighted by Gasteiger charge is 2.33. The first-order chi connectivity index (χ1) is 10.7. The molecule has 0 aromatic carbocycles. The van der Waals surface area contributed by atoms with Crippen molar-refractivity contribution in [1.82, 2.24) is 4.90 Å². The third kappa shape index (κ3) is 10.1. The van der Waals surface area contributed by atoms with Gasteiger partial charge in [0.05, 0.1) is 5.92 Å². The number of hydrogen-bond acceptors (Lipinski definition) is 3. The molecule has 1 fully saturated rings. The second kappa shape index (κ2) is 12.2. The minimum atomic E-state index is -4.45. The first-order valence-corrected chi connectivity index (χ1v) is 7.94. The summed E-state index contributed by atoms with van der Waals surface area (Å²) >= 11 is 0. The van der Waals surface area contributed by atoms with Crippen LogP contribution in [-0.2, 0) is 14.3 Å². The van der Waals surface area contributed by atoms with Crippen LogP contribution in [0.3, 0.4) is 0 Å². The molecular weight excluding hydrogens is 313 g/mol. The molecule has 0 radical (unpaired) electrons. The second-order valence-corrected chi connectivity index (χ2v) is 4.68. The van der Waals surface area contributed by atoms with Crippen LogP contribution in [0, 0.1) is 5.92 Å². The van der Waals surface area contributed by atoms with Crippen molar-refractivity contribution < 1.29 is 27.5 Å². The Morgan fingerprint density at radius 3 is 2.13 bits per heavy atom. The lowest BCUT2D eigenvalue weighted by molar-refractivity contribution is -0.178. The summed E-state index contributed by atoms with van der Waals surface area (Å²) < 4.78 is 40.0. The van der Waals surface area contributed by atoms with Crippen LogP contribution >= 0.6 is 0 Å². The number of amides is 2. The second-order valence-electron chi connectivity index (χ2n) is 4.68. The molecule has 1 heterocycles. The van der Waals surface area contributed by atoms with Crippen LogP contribution in [0.25, 0.3) is 0 Å². The average molecular weight is 342 g/mol. The quantitative estimate of drug-likeness (QED) is 0.854. The Kier molecular flexibility index (Phi) is 12.7. The van der Waals surface area contributed by atoms with E-state index in [1.807, 2.05) is 27.7 Å². The van der Waals surface area contributed by atoms with Gasteiger partial charge in [-0.3, -0.25) is 9.59 Å². The predicted octanol–water partition coefficient (Wildman–Crippen LogP) is 2.73. The van der Waals surface area contributed by atoms with E-state index in [0.717, 1.165) is 0 Å². The molecular formula is C15H29F3N2O3. The smallest absolute Gasteiger partial charge is 0.369 e. The monoisotopic (exact) mass is 342 g/mol. The lowest BCUT2D eigenvalue weighted by Crippen LogP contribution is -2.49. The SMILES string of the molecule is CC.CC.CC1CCC(C(N)=O)CN1C(=O)COCC(F)(F)F. The normalized spacial score (nSPS) is 20.6. The lowest BCUT2D eigenvalue weighted by Gasteiger charge is -2.36. The number of primary amides is 1. The third-order valence-electron chi connectivity index (χ3n) is 3.10. The molecule has 0 bridgehead atoms. The summed E-state index contributed by atoms with van der Waals surface area (Å²) in [5, 5.41) is 0. The number of likely N-dealkylation sites (tertiary alicyclic amines) is 1. The number of carbonyl (C=O) groups excluding carboxylic acids is 2. The topological polar surface area (TPSA) is 72.6 Å². The molecule has 1 rings (SSSR count). The van der Waals surface area contributed by atoms with E-state index in [9.17, 15) is 22.8 Å². The maximum absolute atomic E-state index is 11.9. The molecule has 0 saturated carbocycles. The van der Waals surface area contributed by atoms with Crippen molar-refractivity contribution in [3.05, 3.63) is 0 Å². The minimum absolute atomic E-state index is 0.127. The Morgan fingerprint density at radius 1 is 1.17 bits per heavy atom. The molecule has 5 nitrogen and oxygen atoms in total. The van der Waals surface area contributed by atoms with Crippen LogP contribution in [0.2, 0.25) is 0 Å². The van der Waals surface area contributed by atoms with Gasteiger partial charge in [0.2, 0.25) is 11.8 Å². The maximum Gasteiger partial charge on any atom is 0.411 e. The van der Waals surface area contributed by atoms with E-state index in [4.69, 9.17) is 5.73 Å². The number of piperidine rings is 1. The van der Waals surface area contributed by atoms with Crippen LogP contribution in [0.4, 0.5) is 13.2 Å². The molecule has 2 amide bonds. The molecule has 1 aliphatic heterocycles. The average Bonchev–Trinajstić information content (AvgIpc) is 2.50. The van der Waals surface area contributed by atoms with Crippen molar-refractivity contribution in [1.29, 1.82) is 0 Å². The van der Waals surface area contributed by atoms with Crippen molar-refractivity contribution in [2.45, 2.75) is 59.7 Å². The fraction of sp³-hybridized carbons (Fsp3) is 0.867. The van der Waals surface area contributed by atoms with E-state index >= 15 is 0 Å². The number of alkyl halides is 3. The molecule has 0 aromatic heterocycles. The Hall–Kier alpha value is -1.31. The lowest BCUT2D eigenvalue weighted by atomic mass is 9.93. The van der Waals surface area contributed by atoms with Gasteiger partial charge in [-0.05, 0) is 19.8 Å². The molecule has 0 aromatic rings. The van der Waals surface area contributed by atoms with Crippen molar-refractivity contribution in [3.8, 4) is 0 Å². The number of nitrogens with zero attached hydrogens (tertiary/aromatic N) is 1. The van der Waals surface area contributed by atoms with Crippen LogP contribution in [0.5, 0.6) is 0 Å². The number of rotatable bonds is 4. The van der Waals surface area contributed by atoms with Gasteiger partial charge in [-0.2, -0.15) is 13.2 Å². The van der Waals surface area contributed by atoms with Gasteiger partial charge in [0.15, 0.2) is 0 Å². The van der Waals surface area contributed by atoms with Gasteiger partial charge in [0.25, 0.3) is 0 Å². The van der Waals surface area contributed by atoms with E-state index in [2.05, 4.69) is 4.74 Å². The summed E-state index contributed by atoms with van der Waals surface area (Å²) in [6.45, 7) is 7.82. The fourth-order valence-corrected chi connectivity index (χ4v) is 2.02. The highest BCUT2D eigenvalue weighted by Crippen LogP contribution is 2.22. The standard InChI is InChI=1S/C11H17F3N2O3.2C2H6/c1-7-2-3-8(10(15)18)4-16(7)9(17)5-19-6-11(12,13)14;2*1-2/h7-8H,2-6H2,1H3,(H2,15,18);2*1-2H3. The van der Waals surface area contributed by atoms with E-state index in [1.165, 1.54) is 4.90 Å². The van der Waals surface area contributed by atoms with Crippen LogP contribution in [0.15, 0.2) is 0 Å². The van der Waals surface area contributed by atoms with Crippen molar-refractivity contribution in [2.24, 2.45) is 11.7 Å². The molecule has 2 N–H and O–H groups in total. The molecule has 23 heavy (non-hydrogen) atoms. The van der Waals surface area contributed by atoms with Crippen molar-refractivity contribution >= 4 is 11.8 Å². The first-order valence-electron chi connectivity index (χ1n) is 7.94. The van der Waals surface area contributed by atoms with Gasteiger partial charge < -0.3 is 15.4 Å². The van der Waals surface area contributed by atoms with Gasteiger partial charge in [-0.1, -0.05) is 27.7 Å². The largest absolute Gasteiger partial charge is 0.411 e. The van der Waals surface area contributed by atoms with Gasteiger partial charge in [-0.15, -0.1) is 0 Å². The van der Waals surface area contributed by atoms with Gasteiger partial charge in [0.1, 0.15) is 13.2 Å². The Balaban J connectivity index is 0. The first kappa shape index (κ1) is 23.9. The van der Waals surface area contributed by atoms with Crippen LogP contribution < -0.4 is 5.73 Å². The zero-order valence-electron chi connectivity index (χ0n) is 14.6. The molecule has 8 heteroatoms. The third-order valence-corrected chi connectivity index (χ3v) is 3.10. The highest BCUT2D eigenvalue weighted by atomic mass is 19.4. The summed E-state index contributed by atoms with van der Waals surface area (Å²) in [6.07, 6.45) is -3.27. The van der Waals surface area contributed by atoms with Crippen molar-refractivity contribution in [2.75, 3.05) is 19.8 Å². The molecule has 0 aliphatic carbocycles. The Labute approximate surface area is 136 Å². The predicted molar refractivity (Wildman–Crippen MR) is 82.7 cm³/mol. The number of ether oxygens (including phenoxy) is 1. The van der Waals surface area contributed by atoms with Crippen molar-refractivity contribution in [3.63, 3.8) is 0 Å². The molecule has 2 unspecified atom stereocenters. The Bertz CT molecular complexity index is 349. The minimum Gasteiger partial charge on any atom is -0.369 e. The van der Waals surface area contributed by atoms with E-state index in [0.29, 0.717) is 12.8 Å². The van der Waals surface area contributed by atoms with E-state index in [1.54, 1.807) is 6.92 Å². The molecule has 0 spiro atoms. The van der Waals surface area contributed by atoms with Crippen LogP contribution in [0.1, 0.15) is 47.5 Å². The van der Waals surface area contributed by atoms with E-state index in [-0.39, 0.29) is 12.6 Å². The number of carbonyl (C=O) groups is 2. The summed E-state index contributed by atoms with van der Waals surface area (Å²) in [4.78, 5) is 24.2. The summed E-state index contributed by atoms with van der Waals surface area (Å²) in [7, 11) is 0. The number of hydrogen-bond donors (Lipinski definition) is 1. The van der Waals surface area contributed by atoms with Gasteiger partial charge >= 0.3 is 6.18 Å². The Morgan fingerprint density at radius 2 is 1.70 bits per heavy atom. The highest BCUT2D eigenvalue weighted by molar-refractivity contribution is 5.81. The van der Waals surface area contributed by atoms with Crippen LogP contribution in [-0.4, -0.2) is 48.7 Å². The number of nitrogens with two attached hydrogens (primary N) is 1. The molecule has 138 valence electrons. The maximum atomic E-state index is 11.9. The summed E-state index contributed by atoms with van der Waals surface area (Å²) in [5.74, 6) is -1.49. The summed E-state index contributed by atoms with van der Waals surface area (Å²) in [6, 6.07) is -0.127. The van der Waals surface area contributed by atoms with Gasteiger partial charge in [-0.25, -0.2) is 0 Å². The summed E-state index contributed by atoms with van der Waals surface area (Å²) in [5.41, 5.74) is 5.18. The zero-order chi connectivity index (χ0) is 18.6. The van der Waals surface area contributed by atoms with E-state index < -0.39 is 37.1 Å². The van der Waals surface area contributed by atoms with Gasteiger partial charge in [0, 0.05) is 12.6 Å². The molecule has 1 aliphatic rings. The fourth-order valence-electron chi connectivity index (χ4n) is 2.02. The molecule has 2 atom stereocenters.